The topological polar surface area (TPSA) is 147 Å². The van der Waals surface area contributed by atoms with Crippen LogP contribution in [0.3, 0.4) is 0 Å². The monoisotopic (exact) mass is 440 g/mol. The maximum atomic E-state index is 11.9. The first kappa shape index (κ1) is 37.2. The van der Waals surface area contributed by atoms with Crippen LogP contribution in [0.1, 0.15) is 39.0 Å². The Morgan fingerprint density at radius 2 is 1.24 bits per heavy atom. The molecule has 0 amide bonds. The largest absolute Gasteiger partial charge is 1.00 e. The Balaban J connectivity index is -0.00000104. The van der Waals surface area contributed by atoms with Gasteiger partial charge in [0.15, 0.2) is 0 Å². The van der Waals surface area contributed by atoms with E-state index in [0.29, 0.717) is 19.5 Å². The van der Waals surface area contributed by atoms with E-state index in [2.05, 4.69) is 0 Å². The van der Waals surface area contributed by atoms with Crippen molar-refractivity contribution < 1.29 is 123 Å². The van der Waals surface area contributed by atoms with E-state index in [1.807, 2.05) is 6.92 Å². The van der Waals surface area contributed by atoms with Crippen LogP contribution in [0.25, 0.3) is 0 Å². The van der Waals surface area contributed by atoms with Gasteiger partial charge in [0.2, 0.25) is 0 Å². The van der Waals surface area contributed by atoms with Crippen molar-refractivity contribution in [1.82, 2.24) is 9.80 Å². The zero-order valence-electron chi connectivity index (χ0n) is 18.1. The molecule has 29 heavy (non-hydrogen) atoms. The van der Waals surface area contributed by atoms with Gasteiger partial charge in [0, 0.05) is 51.2 Å². The zero-order valence-corrected chi connectivity index (χ0v) is 24.1. The second-order valence-corrected chi connectivity index (χ2v) is 5.96. The molecule has 0 rings (SSSR count). The van der Waals surface area contributed by atoms with Crippen molar-refractivity contribution in [2.24, 2.45) is 0 Å². The van der Waals surface area contributed by atoms with Crippen LogP contribution < -0.4 is 104 Å². The molecule has 0 aromatic carbocycles. The second kappa shape index (κ2) is 23.5. The molecule has 0 aliphatic heterocycles. The molecule has 0 saturated carbocycles. The molecule has 1 N–H and O–H groups in total. The minimum Gasteiger partial charge on any atom is -0.875 e. The average molecular weight is 440 g/mol. The minimum absolute atomic E-state index is 0. The van der Waals surface area contributed by atoms with Gasteiger partial charge in [-0.2, -0.15) is 0 Å². The third kappa shape index (κ3) is 25.0. The average Bonchev–Trinajstić information content (AvgIpc) is 2.56. The van der Waals surface area contributed by atoms with Crippen molar-refractivity contribution in [3.63, 3.8) is 0 Å². The van der Waals surface area contributed by atoms with Crippen molar-refractivity contribution >= 4 is 17.9 Å². The number of carbonyl (C=O) groups excluding carboxylic acids is 2. The zero-order chi connectivity index (χ0) is 19.9. The van der Waals surface area contributed by atoms with Gasteiger partial charge in [-0.3, -0.25) is 9.69 Å². The van der Waals surface area contributed by atoms with E-state index in [0.717, 1.165) is 6.42 Å². The first-order valence-electron chi connectivity index (χ1n) is 8.66. The number of hydrogen-bond acceptors (Lipinski definition) is 8. The second-order valence-electron chi connectivity index (χ2n) is 5.96. The van der Waals surface area contributed by atoms with Gasteiger partial charge in [0.25, 0.3) is 0 Å². The molecule has 0 spiro atoms. The first-order chi connectivity index (χ1) is 12.2. The maximum Gasteiger partial charge on any atom is 1.00 e. The molecule has 0 fully saturated rings. The number of aliphatic carboxylic acids is 3. The molecule has 0 bridgehead atoms. The molecule has 0 radical (unpaired) electrons. The number of carboxylic acids is 3. The third-order valence-corrected chi connectivity index (χ3v) is 3.68. The van der Waals surface area contributed by atoms with E-state index < -0.39 is 17.9 Å². The summed E-state index contributed by atoms with van der Waals surface area (Å²) in [6.07, 6.45) is 2.43. The van der Waals surface area contributed by atoms with Crippen LogP contribution in [0.5, 0.6) is 0 Å². The Hall–Kier alpha value is 0.870. The number of allylic oxidation sites excluding steroid dienone is 1. The summed E-state index contributed by atoms with van der Waals surface area (Å²) in [5.41, 5.74) is 0. The summed E-state index contributed by atoms with van der Waals surface area (Å²) in [5, 5.41) is 42.0. The summed E-state index contributed by atoms with van der Waals surface area (Å²) in [4.78, 5) is 35.3. The van der Waals surface area contributed by atoms with Gasteiger partial charge in [0.05, 0.1) is 6.42 Å². The van der Waals surface area contributed by atoms with Gasteiger partial charge in [-0.1, -0.05) is 19.4 Å². The molecule has 0 atom stereocenters. The van der Waals surface area contributed by atoms with E-state index in [1.54, 1.807) is 15.9 Å². The smallest absolute Gasteiger partial charge is 0.875 e. The van der Waals surface area contributed by atoms with Crippen molar-refractivity contribution in [2.75, 3.05) is 39.3 Å². The van der Waals surface area contributed by atoms with Crippen LogP contribution in [-0.4, -0.2) is 72.1 Å². The van der Waals surface area contributed by atoms with Crippen LogP contribution in [0.4, 0.5) is 0 Å². The van der Waals surface area contributed by atoms with Gasteiger partial charge in [-0.15, -0.1) is 5.76 Å². The molecule has 9 nitrogen and oxygen atoms in total. The van der Waals surface area contributed by atoms with Crippen LogP contribution in [0.15, 0.2) is 11.8 Å². The summed E-state index contributed by atoms with van der Waals surface area (Å²) in [5.74, 6) is -3.56. The molecule has 0 aromatic rings. The Labute approximate surface area is 238 Å². The molecule has 12 heteroatoms. The van der Waals surface area contributed by atoms with E-state index in [4.69, 9.17) is 5.11 Å². The normalized spacial score (nSPS) is 10.7. The number of carboxylic acid groups (broad SMARTS) is 3. The summed E-state index contributed by atoms with van der Waals surface area (Å²) >= 11 is 0. The van der Waals surface area contributed by atoms with Crippen molar-refractivity contribution in [3.05, 3.63) is 11.8 Å². The maximum absolute atomic E-state index is 11.9. The Morgan fingerprint density at radius 3 is 1.66 bits per heavy atom. The van der Waals surface area contributed by atoms with Gasteiger partial charge >= 0.3 is 94.6 Å². The molecule has 0 aliphatic rings. The number of unbranched alkanes of at least 4 members (excludes halogenated alkanes) is 1. The minimum atomic E-state index is -1.24. The van der Waals surface area contributed by atoms with E-state index in [1.165, 1.54) is 0 Å². The van der Waals surface area contributed by atoms with E-state index in [-0.39, 0.29) is 140 Å². The fourth-order valence-corrected chi connectivity index (χ4v) is 2.23. The van der Waals surface area contributed by atoms with Gasteiger partial charge in [0.1, 0.15) is 0 Å². The Bertz CT molecular complexity index is 476. The molecule has 0 aliphatic carbocycles. The standard InChI is InChI=1S/C17H30N2O7.3Na/c1-2-3-4-14(20)13-19(10-7-17(25)26)12-11-18(8-5-15(21)22)9-6-16(23)24;;;/h4,20H,2-3,5-13H2,1H3,(H,21,22)(H,23,24)(H,25,26);;;/q;3*+1/p-3/b14-4-;;;. The first-order valence-corrected chi connectivity index (χ1v) is 8.66. The van der Waals surface area contributed by atoms with Crippen LogP contribution >= 0.6 is 0 Å². The fraction of sp³-hybridized carbons (Fsp3) is 0.706. The summed E-state index contributed by atoms with van der Waals surface area (Å²) in [6.45, 7) is 3.04. The summed E-state index contributed by atoms with van der Waals surface area (Å²) in [7, 11) is 0. The number of hydrogen-bond donors (Lipinski definition) is 1. The molecule has 150 valence electrons. The summed E-state index contributed by atoms with van der Waals surface area (Å²) < 4.78 is 0. The SMILES string of the molecule is CCC/C=C(\[O-])CN(CCC(=O)O)CCN(CCC(=O)[O-])CCC(=O)[O-].[Na+].[Na+].[Na+]. The number of rotatable bonds is 16. The van der Waals surface area contributed by atoms with Gasteiger partial charge in [-0.25, -0.2) is 0 Å². The summed E-state index contributed by atoms with van der Waals surface area (Å²) in [6, 6.07) is 0. The quantitative estimate of drug-likeness (QED) is 0.182. The van der Waals surface area contributed by atoms with Crippen molar-refractivity contribution in [2.45, 2.75) is 39.0 Å². The van der Waals surface area contributed by atoms with E-state index >= 15 is 0 Å². The number of carbonyl (C=O) groups is 3. The fourth-order valence-electron chi connectivity index (χ4n) is 2.23. The molecule has 0 aromatic heterocycles. The molecule has 0 unspecified atom stereocenters. The predicted molar refractivity (Wildman–Crippen MR) is 87.4 cm³/mol. The molecule has 0 heterocycles. The molecular weight excluding hydrogens is 413 g/mol. The predicted octanol–water partition coefficient (Wildman–Crippen LogP) is -11.6. The van der Waals surface area contributed by atoms with Crippen molar-refractivity contribution in [1.29, 1.82) is 0 Å². The van der Waals surface area contributed by atoms with Crippen molar-refractivity contribution in [3.8, 4) is 0 Å². The molecule has 0 saturated heterocycles. The van der Waals surface area contributed by atoms with Crippen LogP contribution in [0, 0.1) is 0 Å². The number of nitrogens with zero attached hydrogens (tertiary/aromatic N) is 2. The Kier molecular flexibility index (Phi) is 30.2. The van der Waals surface area contributed by atoms with Crippen LogP contribution in [-0.2, 0) is 14.4 Å². The van der Waals surface area contributed by atoms with E-state index in [9.17, 15) is 29.7 Å². The Morgan fingerprint density at radius 1 is 0.793 bits per heavy atom. The van der Waals surface area contributed by atoms with Gasteiger partial charge < -0.3 is 34.9 Å². The van der Waals surface area contributed by atoms with Gasteiger partial charge in [-0.05, 0) is 19.3 Å². The third-order valence-electron chi connectivity index (χ3n) is 3.68. The molecular formula is C17H27N2Na3O7. The van der Waals surface area contributed by atoms with Crippen LogP contribution in [0.2, 0.25) is 0 Å².